The summed E-state index contributed by atoms with van der Waals surface area (Å²) in [6, 6.07) is 5.79. The van der Waals surface area contributed by atoms with Gasteiger partial charge in [0.2, 0.25) is 5.91 Å². The smallest absolute Gasteiger partial charge is 0.325 e. The highest BCUT2D eigenvalue weighted by atomic mass is 79.9. The quantitative estimate of drug-likeness (QED) is 0.600. The minimum Gasteiger partial charge on any atom is -0.496 e. The molecule has 1 amide bonds. The number of rotatable bonds is 9. The largest absolute Gasteiger partial charge is 0.496 e. The third-order valence-electron chi connectivity index (χ3n) is 4.00. The Bertz CT molecular complexity index is 586. The maximum absolute atomic E-state index is 12.5. The van der Waals surface area contributed by atoms with Crippen LogP contribution in [0.15, 0.2) is 22.7 Å². The van der Waals surface area contributed by atoms with E-state index in [0.717, 1.165) is 28.6 Å². The topological polar surface area (TPSA) is 55.8 Å². The molecule has 0 heterocycles. The van der Waals surface area contributed by atoms with Crippen molar-refractivity contribution in [2.75, 3.05) is 26.8 Å². The molecule has 0 bridgehead atoms. The maximum atomic E-state index is 12.5. The van der Waals surface area contributed by atoms with Gasteiger partial charge in [-0.3, -0.25) is 9.59 Å². The molecule has 0 N–H and O–H groups in total. The summed E-state index contributed by atoms with van der Waals surface area (Å²) in [5.74, 6) is 0.974. The number of nitrogens with zero attached hydrogens (tertiary/aromatic N) is 1. The Balaban J connectivity index is 1.91. The van der Waals surface area contributed by atoms with Gasteiger partial charge in [0.25, 0.3) is 0 Å². The second kappa shape index (κ2) is 9.06. The molecule has 0 atom stereocenters. The number of carbonyl (C=O) groups excluding carboxylic acids is 2. The molecule has 0 radical (unpaired) electrons. The molecule has 24 heavy (non-hydrogen) atoms. The van der Waals surface area contributed by atoms with Gasteiger partial charge in [-0.05, 0) is 65.7 Å². The number of aryl methyl sites for hydroxylation is 1. The van der Waals surface area contributed by atoms with E-state index in [2.05, 4.69) is 15.9 Å². The van der Waals surface area contributed by atoms with E-state index >= 15 is 0 Å². The van der Waals surface area contributed by atoms with Crippen LogP contribution in [-0.4, -0.2) is 43.6 Å². The van der Waals surface area contributed by atoms with Crippen molar-refractivity contribution >= 4 is 27.8 Å². The number of methoxy groups -OCH3 is 1. The minimum absolute atomic E-state index is 0.00175. The summed E-state index contributed by atoms with van der Waals surface area (Å²) in [4.78, 5) is 25.9. The van der Waals surface area contributed by atoms with Gasteiger partial charge >= 0.3 is 5.97 Å². The standard InChI is InChI=1S/C18H24BrNO4/c1-3-24-18(22)12-20(11-14-4-5-14)17(21)9-7-13-6-8-16(23-2)15(19)10-13/h6,8,10,14H,3-5,7,9,11-12H2,1-2H3. The molecule has 2 rings (SSSR count). The Hall–Kier alpha value is -1.56. The van der Waals surface area contributed by atoms with E-state index < -0.39 is 0 Å². The Morgan fingerprint density at radius 1 is 1.33 bits per heavy atom. The molecule has 0 saturated heterocycles. The molecule has 6 heteroatoms. The van der Waals surface area contributed by atoms with Gasteiger partial charge in [0, 0.05) is 13.0 Å². The monoisotopic (exact) mass is 397 g/mol. The highest BCUT2D eigenvalue weighted by molar-refractivity contribution is 9.10. The lowest BCUT2D eigenvalue weighted by Crippen LogP contribution is -2.38. The van der Waals surface area contributed by atoms with Crippen LogP contribution >= 0.6 is 15.9 Å². The van der Waals surface area contributed by atoms with Crippen LogP contribution in [0.4, 0.5) is 0 Å². The second-order valence-corrected chi connectivity index (χ2v) is 6.85. The summed E-state index contributed by atoms with van der Waals surface area (Å²) < 4.78 is 11.1. The van der Waals surface area contributed by atoms with E-state index in [-0.39, 0.29) is 18.4 Å². The van der Waals surface area contributed by atoms with Gasteiger partial charge in [-0.15, -0.1) is 0 Å². The third kappa shape index (κ3) is 5.82. The average molecular weight is 398 g/mol. The van der Waals surface area contributed by atoms with Crippen molar-refractivity contribution in [1.82, 2.24) is 4.90 Å². The van der Waals surface area contributed by atoms with Crippen LogP contribution in [0.25, 0.3) is 0 Å². The predicted molar refractivity (Wildman–Crippen MR) is 95.0 cm³/mol. The number of benzene rings is 1. The molecule has 0 spiro atoms. The van der Waals surface area contributed by atoms with E-state index in [4.69, 9.17) is 9.47 Å². The van der Waals surface area contributed by atoms with Crippen molar-refractivity contribution in [1.29, 1.82) is 0 Å². The molecule has 0 unspecified atom stereocenters. The number of hydrogen-bond acceptors (Lipinski definition) is 4. The van der Waals surface area contributed by atoms with Crippen molar-refractivity contribution in [2.45, 2.75) is 32.6 Å². The van der Waals surface area contributed by atoms with Gasteiger partial charge in [0.1, 0.15) is 12.3 Å². The summed E-state index contributed by atoms with van der Waals surface area (Å²) in [5.41, 5.74) is 1.05. The SMILES string of the molecule is CCOC(=O)CN(CC1CC1)C(=O)CCc1ccc(OC)c(Br)c1. The van der Waals surface area contributed by atoms with Crippen molar-refractivity contribution in [2.24, 2.45) is 5.92 Å². The van der Waals surface area contributed by atoms with Crippen LogP contribution < -0.4 is 4.74 Å². The number of ether oxygens (including phenoxy) is 2. The lowest BCUT2D eigenvalue weighted by Gasteiger charge is -2.21. The average Bonchev–Trinajstić information content (AvgIpc) is 3.36. The van der Waals surface area contributed by atoms with Crippen LogP contribution in [0.3, 0.4) is 0 Å². The van der Waals surface area contributed by atoms with Gasteiger partial charge in [0.15, 0.2) is 0 Å². The molecule has 1 fully saturated rings. The first-order valence-electron chi connectivity index (χ1n) is 8.29. The first-order chi connectivity index (χ1) is 11.5. The van der Waals surface area contributed by atoms with E-state index in [0.29, 0.717) is 31.9 Å². The Morgan fingerprint density at radius 2 is 2.08 bits per heavy atom. The van der Waals surface area contributed by atoms with Gasteiger partial charge in [-0.25, -0.2) is 0 Å². The molecule has 1 saturated carbocycles. The summed E-state index contributed by atoms with van der Waals surface area (Å²) in [5, 5.41) is 0. The zero-order valence-electron chi connectivity index (χ0n) is 14.2. The van der Waals surface area contributed by atoms with E-state index in [9.17, 15) is 9.59 Å². The number of carbonyl (C=O) groups is 2. The fourth-order valence-corrected chi connectivity index (χ4v) is 3.09. The van der Waals surface area contributed by atoms with Crippen LogP contribution in [0.2, 0.25) is 0 Å². The predicted octanol–water partition coefficient (Wildman–Crippen LogP) is 3.19. The fourth-order valence-electron chi connectivity index (χ4n) is 2.50. The molecular formula is C18H24BrNO4. The Labute approximate surface area is 151 Å². The van der Waals surface area contributed by atoms with Crippen molar-refractivity contribution in [3.63, 3.8) is 0 Å². The van der Waals surface area contributed by atoms with Crippen molar-refractivity contribution in [3.8, 4) is 5.75 Å². The molecule has 0 aliphatic heterocycles. The summed E-state index contributed by atoms with van der Waals surface area (Å²) in [6.45, 7) is 2.82. The lowest BCUT2D eigenvalue weighted by atomic mass is 10.1. The molecule has 1 aromatic rings. The first-order valence-corrected chi connectivity index (χ1v) is 9.08. The molecule has 0 aromatic heterocycles. The van der Waals surface area contributed by atoms with E-state index in [1.54, 1.807) is 18.9 Å². The van der Waals surface area contributed by atoms with Gasteiger partial charge < -0.3 is 14.4 Å². The third-order valence-corrected chi connectivity index (χ3v) is 4.62. The molecule has 1 aliphatic carbocycles. The van der Waals surface area contributed by atoms with Crippen LogP contribution in [0.1, 0.15) is 31.7 Å². The number of amides is 1. The van der Waals surface area contributed by atoms with Crippen LogP contribution in [0, 0.1) is 5.92 Å². The van der Waals surface area contributed by atoms with Crippen molar-refractivity contribution < 1.29 is 19.1 Å². The highest BCUT2D eigenvalue weighted by Gasteiger charge is 2.28. The zero-order valence-corrected chi connectivity index (χ0v) is 15.8. The maximum Gasteiger partial charge on any atom is 0.325 e. The van der Waals surface area contributed by atoms with Gasteiger partial charge in [0.05, 0.1) is 18.2 Å². The summed E-state index contributed by atoms with van der Waals surface area (Å²) in [6.07, 6.45) is 3.28. The number of halogens is 1. The Morgan fingerprint density at radius 3 is 2.67 bits per heavy atom. The summed E-state index contributed by atoms with van der Waals surface area (Å²) in [7, 11) is 1.62. The number of esters is 1. The second-order valence-electron chi connectivity index (χ2n) is 5.99. The van der Waals surface area contributed by atoms with E-state index in [1.807, 2.05) is 18.2 Å². The summed E-state index contributed by atoms with van der Waals surface area (Å²) >= 11 is 3.45. The lowest BCUT2D eigenvalue weighted by molar-refractivity contribution is -0.149. The zero-order chi connectivity index (χ0) is 17.5. The molecular weight excluding hydrogens is 374 g/mol. The Kier molecular flexibility index (Phi) is 7.09. The first kappa shape index (κ1) is 18.8. The van der Waals surface area contributed by atoms with Crippen molar-refractivity contribution in [3.05, 3.63) is 28.2 Å². The molecule has 5 nitrogen and oxygen atoms in total. The van der Waals surface area contributed by atoms with E-state index in [1.165, 1.54) is 0 Å². The van der Waals surface area contributed by atoms with Gasteiger partial charge in [-0.2, -0.15) is 0 Å². The molecule has 1 aliphatic rings. The molecule has 132 valence electrons. The van der Waals surface area contributed by atoms with Crippen LogP contribution in [-0.2, 0) is 20.7 Å². The normalized spacial score (nSPS) is 13.5. The van der Waals surface area contributed by atoms with Gasteiger partial charge in [-0.1, -0.05) is 6.07 Å². The fraction of sp³-hybridized carbons (Fsp3) is 0.556. The number of hydrogen-bond donors (Lipinski definition) is 0. The van der Waals surface area contributed by atoms with Crippen LogP contribution in [0.5, 0.6) is 5.75 Å². The minimum atomic E-state index is -0.335. The highest BCUT2D eigenvalue weighted by Crippen LogP contribution is 2.30. The molecule has 1 aromatic carbocycles.